The molecule has 0 unspecified atom stereocenters. The average molecular weight is 379 g/mol. The minimum absolute atomic E-state index is 0.101. The van der Waals surface area contributed by atoms with E-state index in [1.54, 1.807) is 6.92 Å². The summed E-state index contributed by atoms with van der Waals surface area (Å²) in [5.74, 6) is -5.41. The Bertz CT molecular complexity index is 857. The first-order valence-electron chi connectivity index (χ1n) is 7.26. The summed E-state index contributed by atoms with van der Waals surface area (Å²) < 4.78 is 82.2. The van der Waals surface area contributed by atoms with Crippen molar-refractivity contribution in [3.05, 3.63) is 35.5 Å². The minimum atomic E-state index is -5.37. The van der Waals surface area contributed by atoms with Gasteiger partial charge in [0.25, 0.3) is 11.6 Å². The first kappa shape index (κ1) is 19.7. The zero-order chi connectivity index (χ0) is 19.7. The molecule has 1 heterocycles. The van der Waals surface area contributed by atoms with E-state index < -0.39 is 46.3 Å². The molecule has 10 heteroatoms. The Morgan fingerprint density at radius 1 is 1.04 bits per heavy atom. The summed E-state index contributed by atoms with van der Waals surface area (Å²) in [6.45, 7) is 1.54. The van der Waals surface area contributed by atoms with Crippen molar-refractivity contribution in [2.24, 2.45) is 0 Å². The summed E-state index contributed by atoms with van der Waals surface area (Å²) >= 11 is 0. The van der Waals surface area contributed by atoms with Gasteiger partial charge in [-0.15, -0.1) is 0 Å². The van der Waals surface area contributed by atoms with E-state index in [0.29, 0.717) is 6.42 Å². The molecule has 26 heavy (non-hydrogen) atoms. The number of pyridine rings is 1. The Morgan fingerprint density at radius 2 is 1.62 bits per heavy atom. The maximum atomic E-state index is 12.9. The van der Waals surface area contributed by atoms with E-state index in [0.717, 1.165) is 12.3 Å². The third kappa shape index (κ3) is 3.78. The molecule has 0 atom stereocenters. The summed E-state index contributed by atoms with van der Waals surface area (Å²) in [4.78, 5) is 27.1. The van der Waals surface area contributed by atoms with Crippen molar-refractivity contribution in [1.82, 2.24) is 4.98 Å². The predicted molar refractivity (Wildman–Crippen MR) is 78.3 cm³/mol. The summed E-state index contributed by atoms with van der Waals surface area (Å²) in [6, 6.07) is 2.56. The number of hydrogen-bond donors (Lipinski definition) is 0. The number of Topliss-reactive ketones (excluding diaryl/α,β-unsaturated/α-hetero) is 2. The van der Waals surface area contributed by atoms with Crippen molar-refractivity contribution in [2.75, 3.05) is 6.61 Å². The number of halogens is 6. The molecule has 0 aliphatic carbocycles. The first-order chi connectivity index (χ1) is 12.0. The monoisotopic (exact) mass is 379 g/mol. The first-order valence-corrected chi connectivity index (χ1v) is 7.26. The highest BCUT2D eigenvalue weighted by Crippen LogP contribution is 2.37. The van der Waals surface area contributed by atoms with Crippen LogP contribution >= 0.6 is 0 Å². The number of benzene rings is 1. The molecule has 1 aromatic heterocycles. The second-order valence-electron chi connectivity index (χ2n) is 5.20. The molecule has 0 bridgehead atoms. The van der Waals surface area contributed by atoms with Gasteiger partial charge in [-0.1, -0.05) is 13.0 Å². The number of rotatable bonds is 5. The van der Waals surface area contributed by atoms with Crippen molar-refractivity contribution < 1.29 is 40.7 Å². The Kier molecular flexibility index (Phi) is 5.24. The van der Waals surface area contributed by atoms with E-state index in [1.807, 2.05) is 0 Å². The van der Waals surface area contributed by atoms with Crippen LogP contribution in [-0.2, 0) is 0 Å². The molecule has 1 aromatic carbocycles. The van der Waals surface area contributed by atoms with Crippen LogP contribution in [0.3, 0.4) is 0 Å². The molecule has 0 saturated heterocycles. The van der Waals surface area contributed by atoms with Crippen LogP contribution < -0.4 is 4.74 Å². The smallest absolute Gasteiger partial charge is 0.455 e. The number of nitrogens with zero attached hydrogens (tertiary/aromatic N) is 1. The summed E-state index contributed by atoms with van der Waals surface area (Å²) in [5.41, 5.74) is -2.72. The van der Waals surface area contributed by atoms with E-state index in [9.17, 15) is 35.9 Å². The van der Waals surface area contributed by atoms with Gasteiger partial charge in [-0.25, -0.2) is 0 Å². The Morgan fingerprint density at radius 3 is 2.15 bits per heavy atom. The van der Waals surface area contributed by atoms with Crippen molar-refractivity contribution in [3.8, 4) is 5.75 Å². The molecule has 2 aromatic rings. The molecule has 0 N–H and O–H groups in total. The molecule has 0 spiro atoms. The maximum Gasteiger partial charge on any atom is 0.455 e. The number of alkyl halides is 6. The lowest BCUT2D eigenvalue weighted by Crippen LogP contribution is -2.26. The molecule has 0 amide bonds. The standard InChI is InChI=1S/C16H11F6NO3/c1-2-6-26-12-10(14(25)16(20,21)22)7-9(13(24)15(17,18)19)8-4-3-5-23-11(8)12/h3-5,7H,2,6H2,1H3. The van der Waals surface area contributed by atoms with Gasteiger partial charge in [0.05, 0.1) is 12.2 Å². The molecule has 0 fully saturated rings. The number of carbonyl (C=O) groups excluding carboxylic acids is 2. The number of ether oxygens (including phenoxy) is 1. The Balaban J connectivity index is 2.86. The topological polar surface area (TPSA) is 56.3 Å². The average Bonchev–Trinajstić information content (AvgIpc) is 2.56. The van der Waals surface area contributed by atoms with Crippen molar-refractivity contribution in [2.45, 2.75) is 25.7 Å². The van der Waals surface area contributed by atoms with Gasteiger partial charge in [0.2, 0.25) is 0 Å². The lowest BCUT2D eigenvalue weighted by Gasteiger charge is -2.17. The zero-order valence-electron chi connectivity index (χ0n) is 13.2. The SMILES string of the molecule is CCCOc1c(C(=O)C(F)(F)F)cc(C(=O)C(F)(F)F)c2cccnc12. The van der Waals surface area contributed by atoms with E-state index >= 15 is 0 Å². The van der Waals surface area contributed by atoms with Gasteiger partial charge in [0.1, 0.15) is 5.52 Å². The predicted octanol–water partition coefficient (Wildman–Crippen LogP) is 4.51. The van der Waals surface area contributed by atoms with Crippen LogP contribution in [-0.4, -0.2) is 35.5 Å². The molecule has 2 rings (SSSR count). The van der Waals surface area contributed by atoms with Crippen LogP contribution in [0.25, 0.3) is 10.9 Å². The molecular formula is C16H11F6NO3. The molecule has 0 aliphatic heterocycles. The third-order valence-corrected chi connectivity index (χ3v) is 3.30. The quantitative estimate of drug-likeness (QED) is 0.567. The van der Waals surface area contributed by atoms with E-state index in [-0.39, 0.29) is 18.1 Å². The highest BCUT2D eigenvalue weighted by atomic mass is 19.4. The fourth-order valence-corrected chi connectivity index (χ4v) is 2.23. The van der Waals surface area contributed by atoms with Crippen LogP contribution in [0.2, 0.25) is 0 Å². The molecular weight excluding hydrogens is 368 g/mol. The summed E-state index contributed by atoms with van der Waals surface area (Å²) in [7, 11) is 0. The maximum absolute atomic E-state index is 12.9. The molecule has 0 aliphatic rings. The van der Waals surface area contributed by atoms with Gasteiger partial charge >= 0.3 is 12.4 Å². The molecule has 0 saturated carbocycles. The number of carbonyl (C=O) groups is 2. The Labute approximate surface area is 142 Å². The van der Waals surface area contributed by atoms with Crippen LogP contribution in [0.1, 0.15) is 34.1 Å². The van der Waals surface area contributed by atoms with Crippen molar-refractivity contribution >= 4 is 22.5 Å². The van der Waals surface area contributed by atoms with Gasteiger partial charge < -0.3 is 4.74 Å². The van der Waals surface area contributed by atoms with Gasteiger partial charge in [-0.05, 0) is 18.6 Å². The fourth-order valence-electron chi connectivity index (χ4n) is 2.23. The van der Waals surface area contributed by atoms with Crippen LogP contribution in [0.5, 0.6) is 5.75 Å². The fraction of sp³-hybridized carbons (Fsp3) is 0.312. The van der Waals surface area contributed by atoms with Crippen LogP contribution in [0.15, 0.2) is 24.4 Å². The van der Waals surface area contributed by atoms with Crippen LogP contribution in [0.4, 0.5) is 26.3 Å². The van der Waals surface area contributed by atoms with E-state index in [2.05, 4.69) is 4.98 Å². The number of fused-ring (bicyclic) bond motifs is 1. The second kappa shape index (κ2) is 6.93. The molecule has 0 radical (unpaired) electrons. The van der Waals surface area contributed by atoms with Crippen molar-refractivity contribution in [3.63, 3.8) is 0 Å². The minimum Gasteiger partial charge on any atom is -0.491 e. The zero-order valence-corrected chi connectivity index (χ0v) is 13.2. The van der Waals surface area contributed by atoms with E-state index in [4.69, 9.17) is 4.74 Å². The van der Waals surface area contributed by atoms with E-state index in [1.165, 1.54) is 6.07 Å². The highest BCUT2D eigenvalue weighted by molar-refractivity contribution is 6.15. The second-order valence-corrected chi connectivity index (χ2v) is 5.20. The summed E-state index contributed by atoms with van der Waals surface area (Å²) in [5, 5.41) is -0.361. The lowest BCUT2D eigenvalue weighted by atomic mass is 9.97. The number of hydrogen-bond acceptors (Lipinski definition) is 4. The van der Waals surface area contributed by atoms with Gasteiger partial charge in [0, 0.05) is 17.1 Å². The third-order valence-electron chi connectivity index (χ3n) is 3.30. The highest BCUT2D eigenvalue weighted by Gasteiger charge is 2.44. The normalized spacial score (nSPS) is 12.3. The lowest BCUT2D eigenvalue weighted by molar-refractivity contribution is -0.0888. The van der Waals surface area contributed by atoms with Gasteiger partial charge in [-0.2, -0.15) is 26.3 Å². The van der Waals surface area contributed by atoms with Gasteiger partial charge in [0.15, 0.2) is 5.75 Å². The Hall–Kier alpha value is -2.65. The van der Waals surface area contributed by atoms with Crippen LogP contribution in [0, 0.1) is 0 Å². The largest absolute Gasteiger partial charge is 0.491 e. The van der Waals surface area contributed by atoms with Gasteiger partial charge in [-0.3, -0.25) is 14.6 Å². The molecule has 140 valence electrons. The number of ketones is 2. The number of aromatic nitrogens is 1. The van der Waals surface area contributed by atoms with Crippen molar-refractivity contribution in [1.29, 1.82) is 0 Å². The summed E-state index contributed by atoms with van der Waals surface area (Å²) in [6.07, 6.45) is -9.25. The molecule has 4 nitrogen and oxygen atoms in total.